The lowest BCUT2D eigenvalue weighted by Gasteiger charge is -2.17. The topological polar surface area (TPSA) is 66.8 Å². The molecule has 104 valence electrons. The number of carboxylic acid groups (broad SMARTS) is 1. The average Bonchev–Trinajstić information content (AvgIpc) is 2.32. The largest absolute Gasteiger partial charge is 0.497 e. The van der Waals surface area contributed by atoms with E-state index in [9.17, 15) is 9.59 Å². The second-order valence-electron chi connectivity index (χ2n) is 4.56. The van der Waals surface area contributed by atoms with E-state index in [1.54, 1.807) is 7.11 Å². The van der Waals surface area contributed by atoms with Crippen molar-refractivity contribution >= 4 is 11.9 Å². The first-order chi connectivity index (χ1) is 8.85. The van der Waals surface area contributed by atoms with Crippen molar-refractivity contribution in [1.82, 2.24) is 4.90 Å². The molecule has 19 heavy (non-hydrogen) atoms. The summed E-state index contributed by atoms with van der Waals surface area (Å²) in [5.41, 5.74) is 2.85. The van der Waals surface area contributed by atoms with Crippen molar-refractivity contribution in [1.29, 1.82) is 0 Å². The molecule has 0 unspecified atom stereocenters. The van der Waals surface area contributed by atoms with Crippen LogP contribution in [0.2, 0.25) is 0 Å². The molecule has 0 aliphatic carbocycles. The summed E-state index contributed by atoms with van der Waals surface area (Å²) in [5, 5.41) is 8.67. The number of rotatable bonds is 5. The van der Waals surface area contributed by atoms with Crippen molar-refractivity contribution < 1.29 is 19.4 Å². The Hall–Kier alpha value is -2.04. The Kier molecular flexibility index (Phi) is 4.92. The second-order valence-corrected chi connectivity index (χ2v) is 4.56. The fraction of sp³-hybridized carbons (Fsp3) is 0.429. The van der Waals surface area contributed by atoms with Gasteiger partial charge in [0, 0.05) is 7.05 Å². The van der Waals surface area contributed by atoms with Gasteiger partial charge in [0.1, 0.15) is 12.3 Å². The number of aliphatic carboxylic acids is 1. The molecule has 0 aliphatic heterocycles. The molecule has 1 aromatic rings. The monoisotopic (exact) mass is 265 g/mol. The van der Waals surface area contributed by atoms with Gasteiger partial charge in [-0.3, -0.25) is 9.59 Å². The molecule has 1 amide bonds. The summed E-state index contributed by atoms with van der Waals surface area (Å²) in [7, 11) is 3.09. The van der Waals surface area contributed by atoms with Crippen LogP contribution in [-0.2, 0) is 16.0 Å². The normalized spacial score (nSPS) is 10.1. The highest BCUT2D eigenvalue weighted by atomic mass is 16.5. The van der Waals surface area contributed by atoms with Gasteiger partial charge in [-0.15, -0.1) is 0 Å². The van der Waals surface area contributed by atoms with Gasteiger partial charge in [0.15, 0.2) is 0 Å². The van der Waals surface area contributed by atoms with E-state index < -0.39 is 5.97 Å². The SMILES string of the molecule is COc1cc(C)c(CC(=O)N(C)CC(=O)O)c(C)c1. The summed E-state index contributed by atoms with van der Waals surface area (Å²) >= 11 is 0. The number of carbonyl (C=O) groups excluding carboxylic acids is 1. The van der Waals surface area contributed by atoms with Crippen LogP contribution in [0.15, 0.2) is 12.1 Å². The Morgan fingerprint density at radius 1 is 1.26 bits per heavy atom. The molecule has 0 saturated heterocycles. The number of aryl methyl sites for hydroxylation is 2. The molecule has 0 radical (unpaired) electrons. The maximum atomic E-state index is 11.9. The highest BCUT2D eigenvalue weighted by molar-refractivity contribution is 5.83. The third-order valence-corrected chi connectivity index (χ3v) is 3.03. The van der Waals surface area contributed by atoms with E-state index in [1.807, 2.05) is 26.0 Å². The molecular formula is C14H19NO4. The summed E-state index contributed by atoms with van der Waals surface area (Å²) in [6.07, 6.45) is 0.200. The van der Waals surface area contributed by atoms with Gasteiger partial charge in [-0.1, -0.05) is 0 Å². The molecule has 0 spiro atoms. The molecule has 0 saturated carbocycles. The molecule has 0 aromatic heterocycles. The smallest absolute Gasteiger partial charge is 0.323 e. The first kappa shape index (κ1) is 15.0. The summed E-state index contributed by atoms with van der Waals surface area (Å²) < 4.78 is 5.16. The van der Waals surface area contributed by atoms with E-state index in [0.717, 1.165) is 22.4 Å². The van der Waals surface area contributed by atoms with Crippen LogP contribution in [0.5, 0.6) is 5.75 Å². The van der Waals surface area contributed by atoms with E-state index in [4.69, 9.17) is 9.84 Å². The highest BCUT2D eigenvalue weighted by Gasteiger charge is 2.15. The van der Waals surface area contributed by atoms with Gasteiger partial charge in [-0.05, 0) is 42.7 Å². The molecule has 0 heterocycles. The Morgan fingerprint density at radius 2 is 1.79 bits per heavy atom. The van der Waals surface area contributed by atoms with Gasteiger partial charge in [0.25, 0.3) is 0 Å². The number of hydrogen-bond acceptors (Lipinski definition) is 3. The fourth-order valence-corrected chi connectivity index (χ4v) is 1.93. The van der Waals surface area contributed by atoms with E-state index in [-0.39, 0.29) is 18.9 Å². The van der Waals surface area contributed by atoms with Gasteiger partial charge in [-0.2, -0.15) is 0 Å². The van der Waals surface area contributed by atoms with E-state index in [1.165, 1.54) is 11.9 Å². The van der Waals surface area contributed by atoms with Gasteiger partial charge in [0.2, 0.25) is 5.91 Å². The van der Waals surface area contributed by atoms with Crippen LogP contribution in [0.3, 0.4) is 0 Å². The van der Waals surface area contributed by atoms with Crippen molar-refractivity contribution in [2.75, 3.05) is 20.7 Å². The van der Waals surface area contributed by atoms with Crippen LogP contribution in [0.25, 0.3) is 0 Å². The average molecular weight is 265 g/mol. The molecule has 5 heteroatoms. The van der Waals surface area contributed by atoms with E-state index in [2.05, 4.69) is 0 Å². The van der Waals surface area contributed by atoms with Crippen LogP contribution in [0.1, 0.15) is 16.7 Å². The van der Waals surface area contributed by atoms with Crippen LogP contribution >= 0.6 is 0 Å². The minimum absolute atomic E-state index is 0.200. The van der Waals surface area contributed by atoms with Crippen molar-refractivity contribution in [3.05, 3.63) is 28.8 Å². The molecule has 0 bridgehead atoms. The maximum absolute atomic E-state index is 11.9. The summed E-state index contributed by atoms with van der Waals surface area (Å²) in [5.74, 6) is -0.470. The van der Waals surface area contributed by atoms with Crippen LogP contribution in [-0.4, -0.2) is 42.6 Å². The van der Waals surface area contributed by atoms with Crippen molar-refractivity contribution in [3.8, 4) is 5.75 Å². The van der Waals surface area contributed by atoms with Gasteiger partial charge >= 0.3 is 5.97 Å². The molecule has 0 fully saturated rings. The molecule has 5 nitrogen and oxygen atoms in total. The Morgan fingerprint density at radius 3 is 2.21 bits per heavy atom. The lowest BCUT2D eigenvalue weighted by molar-refractivity contribution is -0.143. The number of carboxylic acids is 1. The third-order valence-electron chi connectivity index (χ3n) is 3.03. The predicted molar refractivity (Wildman–Crippen MR) is 71.4 cm³/mol. The zero-order valence-corrected chi connectivity index (χ0v) is 11.7. The summed E-state index contributed by atoms with van der Waals surface area (Å²) in [4.78, 5) is 23.7. The standard InChI is InChI=1S/C14H19NO4/c1-9-5-11(19-4)6-10(2)12(9)7-13(16)15(3)8-14(17)18/h5-6H,7-8H2,1-4H3,(H,17,18). The van der Waals surface area contributed by atoms with E-state index in [0.29, 0.717) is 0 Å². The molecule has 0 aliphatic rings. The van der Waals surface area contributed by atoms with Crippen molar-refractivity contribution in [3.63, 3.8) is 0 Å². The predicted octanol–water partition coefficient (Wildman–Crippen LogP) is 1.40. The Balaban J connectivity index is 2.88. The van der Waals surface area contributed by atoms with Gasteiger partial charge < -0.3 is 14.7 Å². The Labute approximate surface area is 112 Å². The number of carbonyl (C=O) groups is 2. The summed E-state index contributed by atoms with van der Waals surface area (Å²) in [6.45, 7) is 3.54. The molecule has 1 aromatic carbocycles. The zero-order chi connectivity index (χ0) is 14.6. The number of nitrogens with zero attached hydrogens (tertiary/aromatic N) is 1. The lowest BCUT2D eigenvalue weighted by Crippen LogP contribution is -2.33. The van der Waals surface area contributed by atoms with Crippen molar-refractivity contribution in [2.45, 2.75) is 20.3 Å². The third kappa shape index (κ3) is 3.98. The molecule has 1 rings (SSSR count). The number of ether oxygens (including phenoxy) is 1. The number of benzene rings is 1. The highest BCUT2D eigenvalue weighted by Crippen LogP contribution is 2.22. The number of likely N-dealkylation sites (N-methyl/N-ethyl adjacent to an activating group) is 1. The van der Waals surface area contributed by atoms with Gasteiger partial charge in [0.05, 0.1) is 13.5 Å². The number of amides is 1. The number of hydrogen-bond donors (Lipinski definition) is 1. The first-order valence-corrected chi connectivity index (χ1v) is 5.95. The minimum atomic E-state index is -1.01. The second kappa shape index (κ2) is 6.22. The summed E-state index contributed by atoms with van der Waals surface area (Å²) in [6, 6.07) is 3.74. The molecular weight excluding hydrogens is 246 g/mol. The molecule has 0 atom stereocenters. The van der Waals surface area contributed by atoms with Crippen LogP contribution < -0.4 is 4.74 Å². The lowest BCUT2D eigenvalue weighted by atomic mass is 9.99. The Bertz CT molecular complexity index is 473. The minimum Gasteiger partial charge on any atom is -0.497 e. The van der Waals surface area contributed by atoms with Crippen LogP contribution in [0.4, 0.5) is 0 Å². The first-order valence-electron chi connectivity index (χ1n) is 5.95. The maximum Gasteiger partial charge on any atom is 0.323 e. The van der Waals surface area contributed by atoms with E-state index >= 15 is 0 Å². The number of methoxy groups -OCH3 is 1. The van der Waals surface area contributed by atoms with Crippen molar-refractivity contribution in [2.24, 2.45) is 0 Å². The zero-order valence-electron chi connectivity index (χ0n) is 11.7. The van der Waals surface area contributed by atoms with Gasteiger partial charge in [-0.25, -0.2) is 0 Å². The molecule has 1 N–H and O–H groups in total. The quantitative estimate of drug-likeness (QED) is 0.873. The fourth-order valence-electron chi connectivity index (χ4n) is 1.93. The van der Waals surface area contributed by atoms with Crippen LogP contribution in [0, 0.1) is 13.8 Å².